The third-order valence-electron chi connectivity index (χ3n) is 4.89. The van der Waals surface area contributed by atoms with Gasteiger partial charge in [0.25, 0.3) is 0 Å². The molecule has 0 heterocycles. The average molecular weight is 386 g/mol. The van der Waals surface area contributed by atoms with E-state index in [4.69, 9.17) is 0 Å². The lowest BCUT2D eigenvalue weighted by Crippen LogP contribution is -2.25. The maximum atomic E-state index is 11.8. The molecule has 0 atom stereocenters. The SMILES string of the molecule is CCCCC/C=C\C=C\C(=O)CCCCCCCC(=O)NCC1=CCCC=C1. The minimum absolute atomic E-state index is 0.142. The third-order valence-corrected chi connectivity index (χ3v) is 4.89. The summed E-state index contributed by atoms with van der Waals surface area (Å²) >= 11 is 0. The van der Waals surface area contributed by atoms with Gasteiger partial charge in [-0.15, -0.1) is 0 Å². The standard InChI is InChI=1S/C25H39NO2/c1-2-3-4-5-6-8-14-19-24(27)20-15-9-7-10-16-21-25(28)26-22-23-17-12-11-13-18-23/h6,8,12,14,17-19H,2-5,7,9-11,13,15-16,20-22H2,1H3,(H,26,28)/b8-6-,19-14+. The topological polar surface area (TPSA) is 46.2 Å². The second-order valence-electron chi connectivity index (χ2n) is 7.55. The fourth-order valence-corrected chi connectivity index (χ4v) is 3.14. The van der Waals surface area contributed by atoms with Gasteiger partial charge in [-0.25, -0.2) is 0 Å². The van der Waals surface area contributed by atoms with Crippen LogP contribution in [0.15, 0.2) is 48.1 Å². The molecular weight excluding hydrogens is 346 g/mol. The van der Waals surface area contributed by atoms with Crippen LogP contribution >= 0.6 is 0 Å². The summed E-state index contributed by atoms with van der Waals surface area (Å²) in [6, 6.07) is 0. The van der Waals surface area contributed by atoms with Crippen LogP contribution in [-0.2, 0) is 9.59 Å². The van der Waals surface area contributed by atoms with E-state index in [0.29, 0.717) is 19.4 Å². The van der Waals surface area contributed by atoms with E-state index in [0.717, 1.165) is 51.4 Å². The van der Waals surface area contributed by atoms with E-state index in [-0.39, 0.29) is 11.7 Å². The van der Waals surface area contributed by atoms with Gasteiger partial charge in [0.2, 0.25) is 5.91 Å². The van der Waals surface area contributed by atoms with Gasteiger partial charge in [0.05, 0.1) is 0 Å². The van der Waals surface area contributed by atoms with E-state index in [1.54, 1.807) is 6.08 Å². The summed E-state index contributed by atoms with van der Waals surface area (Å²) in [5.74, 6) is 0.353. The highest BCUT2D eigenvalue weighted by atomic mass is 16.1. The van der Waals surface area contributed by atoms with Crippen molar-refractivity contribution in [1.29, 1.82) is 0 Å². The number of hydrogen-bond donors (Lipinski definition) is 1. The Bertz CT molecular complexity index is 555. The van der Waals surface area contributed by atoms with Gasteiger partial charge in [-0.2, -0.15) is 0 Å². The summed E-state index contributed by atoms with van der Waals surface area (Å²) in [4.78, 5) is 23.6. The number of unbranched alkanes of at least 4 members (excludes halogenated alkanes) is 7. The van der Waals surface area contributed by atoms with E-state index < -0.39 is 0 Å². The van der Waals surface area contributed by atoms with Crippen LogP contribution in [0.3, 0.4) is 0 Å². The molecule has 0 radical (unpaired) electrons. The Labute approximate surface area is 172 Å². The number of nitrogens with one attached hydrogen (secondary N) is 1. The first-order chi connectivity index (χ1) is 13.7. The first kappa shape index (κ1) is 24.1. The summed E-state index contributed by atoms with van der Waals surface area (Å²) in [7, 11) is 0. The van der Waals surface area contributed by atoms with Crippen molar-refractivity contribution in [3.05, 3.63) is 48.1 Å². The van der Waals surface area contributed by atoms with Crippen molar-refractivity contribution in [2.75, 3.05) is 6.54 Å². The van der Waals surface area contributed by atoms with Crippen LogP contribution < -0.4 is 5.32 Å². The lowest BCUT2D eigenvalue weighted by atomic mass is 10.1. The molecule has 0 saturated heterocycles. The zero-order valence-electron chi connectivity index (χ0n) is 17.8. The number of amides is 1. The summed E-state index contributed by atoms with van der Waals surface area (Å²) < 4.78 is 0. The maximum Gasteiger partial charge on any atom is 0.220 e. The van der Waals surface area contributed by atoms with E-state index >= 15 is 0 Å². The van der Waals surface area contributed by atoms with Gasteiger partial charge in [-0.05, 0) is 50.2 Å². The van der Waals surface area contributed by atoms with Crippen LogP contribution in [0.2, 0.25) is 0 Å². The summed E-state index contributed by atoms with van der Waals surface area (Å²) in [5.41, 5.74) is 1.21. The molecule has 1 N–H and O–H groups in total. The normalized spacial score (nSPS) is 14.0. The van der Waals surface area contributed by atoms with Crippen LogP contribution in [0.1, 0.15) is 90.4 Å². The molecule has 0 fully saturated rings. The smallest absolute Gasteiger partial charge is 0.220 e. The molecule has 28 heavy (non-hydrogen) atoms. The molecule has 0 aromatic carbocycles. The van der Waals surface area contributed by atoms with Crippen molar-refractivity contribution in [3.63, 3.8) is 0 Å². The van der Waals surface area contributed by atoms with Crippen LogP contribution in [0.25, 0.3) is 0 Å². The van der Waals surface area contributed by atoms with Gasteiger partial charge in [0.15, 0.2) is 5.78 Å². The molecule has 0 aromatic rings. The molecule has 3 heteroatoms. The van der Waals surface area contributed by atoms with Crippen molar-refractivity contribution < 1.29 is 9.59 Å². The lowest BCUT2D eigenvalue weighted by Gasteiger charge is -2.08. The van der Waals surface area contributed by atoms with E-state index in [1.807, 2.05) is 12.2 Å². The number of rotatable bonds is 16. The highest BCUT2D eigenvalue weighted by Crippen LogP contribution is 2.10. The average Bonchev–Trinajstić information content (AvgIpc) is 2.71. The summed E-state index contributed by atoms with van der Waals surface area (Å²) in [6.07, 6.45) is 27.5. The molecule has 0 aliphatic heterocycles. The van der Waals surface area contributed by atoms with Gasteiger partial charge >= 0.3 is 0 Å². The van der Waals surface area contributed by atoms with Crippen LogP contribution in [0.5, 0.6) is 0 Å². The van der Waals surface area contributed by atoms with Crippen LogP contribution in [0, 0.1) is 0 Å². The Balaban J connectivity index is 1.92. The second-order valence-corrected chi connectivity index (χ2v) is 7.55. The molecule has 3 nitrogen and oxygen atoms in total. The van der Waals surface area contributed by atoms with Crippen LogP contribution in [-0.4, -0.2) is 18.2 Å². The maximum absolute atomic E-state index is 11.8. The van der Waals surface area contributed by atoms with E-state index in [2.05, 4.69) is 36.5 Å². The van der Waals surface area contributed by atoms with Crippen molar-refractivity contribution in [2.24, 2.45) is 0 Å². The third kappa shape index (κ3) is 14.2. The molecule has 1 amide bonds. The summed E-state index contributed by atoms with van der Waals surface area (Å²) in [6.45, 7) is 2.85. The van der Waals surface area contributed by atoms with E-state index in [9.17, 15) is 9.59 Å². The molecule has 0 saturated carbocycles. The number of hydrogen-bond acceptors (Lipinski definition) is 2. The van der Waals surface area contributed by atoms with Gasteiger partial charge in [-0.1, -0.05) is 75.5 Å². The number of carbonyl (C=O) groups excluding carboxylic acids is 2. The van der Waals surface area contributed by atoms with Crippen molar-refractivity contribution in [2.45, 2.75) is 90.4 Å². The summed E-state index contributed by atoms with van der Waals surface area (Å²) in [5, 5.41) is 2.99. The molecule has 1 aliphatic rings. The first-order valence-electron chi connectivity index (χ1n) is 11.2. The Kier molecular flexibility index (Phi) is 14.8. The minimum atomic E-state index is 0.142. The van der Waals surface area contributed by atoms with Gasteiger partial charge in [0, 0.05) is 19.4 Å². The van der Waals surface area contributed by atoms with Crippen LogP contribution in [0.4, 0.5) is 0 Å². The Morgan fingerprint density at radius 2 is 1.75 bits per heavy atom. The predicted molar refractivity (Wildman–Crippen MR) is 119 cm³/mol. The molecule has 0 bridgehead atoms. The molecule has 0 unspecified atom stereocenters. The van der Waals surface area contributed by atoms with Crippen molar-refractivity contribution >= 4 is 11.7 Å². The Morgan fingerprint density at radius 3 is 2.50 bits per heavy atom. The Morgan fingerprint density at radius 1 is 0.964 bits per heavy atom. The molecule has 1 aliphatic carbocycles. The number of carbonyl (C=O) groups is 2. The molecule has 0 spiro atoms. The van der Waals surface area contributed by atoms with Gasteiger partial charge in [0.1, 0.15) is 0 Å². The van der Waals surface area contributed by atoms with Crippen molar-refractivity contribution in [3.8, 4) is 0 Å². The van der Waals surface area contributed by atoms with Crippen molar-refractivity contribution in [1.82, 2.24) is 5.32 Å². The monoisotopic (exact) mass is 385 g/mol. The zero-order chi connectivity index (χ0) is 20.3. The van der Waals surface area contributed by atoms with Gasteiger partial charge < -0.3 is 5.32 Å². The molecule has 1 rings (SSSR count). The van der Waals surface area contributed by atoms with Gasteiger partial charge in [-0.3, -0.25) is 9.59 Å². The zero-order valence-corrected chi connectivity index (χ0v) is 17.8. The van der Waals surface area contributed by atoms with E-state index in [1.165, 1.54) is 24.8 Å². The fourth-order valence-electron chi connectivity index (χ4n) is 3.14. The minimum Gasteiger partial charge on any atom is -0.352 e. The Hall–Kier alpha value is -1.90. The highest BCUT2D eigenvalue weighted by Gasteiger charge is 2.03. The highest BCUT2D eigenvalue weighted by molar-refractivity contribution is 5.89. The molecule has 156 valence electrons. The largest absolute Gasteiger partial charge is 0.352 e. The molecular formula is C25H39NO2. The first-order valence-corrected chi connectivity index (χ1v) is 11.2. The second kappa shape index (κ2) is 17.2. The number of allylic oxidation sites excluding steroid dienone is 6. The predicted octanol–water partition coefficient (Wildman–Crippen LogP) is 6.37. The fraction of sp³-hybridized carbons (Fsp3) is 0.600. The quantitative estimate of drug-likeness (QED) is 0.190. The lowest BCUT2D eigenvalue weighted by molar-refractivity contribution is -0.121. The molecule has 0 aromatic heterocycles. The number of ketones is 1.